The third kappa shape index (κ3) is 2.99. The maximum absolute atomic E-state index is 13.9. The second-order valence-corrected chi connectivity index (χ2v) is 6.24. The summed E-state index contributed by atoms with van der Waals surface area (Å²) < 4.78 is 14.7. The monoisotopic (exact) mass is 376 g/mol. The van der Waals surface area contributed by atoms with Crippen molar-refractivity contribution in [1.29, 1.82) is 0 Å². The van der Waals surface area contributed by atoms with Crippen molar-refractivity contribution in [2.75, 3.05) is 16.8 Å². The molecule has 2 aromatic rings. The van der Waals surface area contributed by atoms with Crippen LogP contribution in [-0.4, -0.2) is 18.4 Å². The zero-order chi connectivity index (χ0) is 16.6. The van der Waals surface area contributed by atoms with Gasteiger partial charge < -0.3 is 10.2 Å². The highest BCUT2D eigenvalue weighted by Crippen LogP contribution is 2.39. The first-order chi connectivity index (χ1) is 11.0. The van der Waals surface area contributed by atoms with Crippen molar-refractivity contribution in [2.45, 2.75) is 13.3 Å². The minimum Gasteiger partial charge on any atom is -0.324 e. The van der Waals surface area contributed by atoms with Gasteiger partial charge in [-0.15, -0.1) is 0 Å². The van der Waals surface area contributed by atoms with Crippen molar-refractivity contribution >= 4 is 39.1 Å². The van der Waals surface area contributed by atoms with Crippen LogP contribution in [-0.2, 0) is 11.2 Å². The van der Waals surface area contributed by atoms with Gasteiger partial charge in [-0.3, -0.25) is 9.59 Å². The molecule has 0 spiro atoms. The van der Waals surface area contributed by atoms with E-state index in [2.05, 4.69) is 21.2 Å². The number of amides is 2. The van der Waals surface area contributed by atoms with E-state index in [0.29, 0.717) is 24.3 Å². The maximum atomic E-state index is 13.9. The van der Waals surface area contributed by atoms with Crippen LogP contribution in [0, 0.1) is 5.82 Å². The number of carbonyl (C=O) groups is 2. The Kier molecular flexibility index (Phi) is 4.17. The van der Waals surface area contributed by atoms with Crippen molar-refractivity contribution in [3.63, 3.8) is 0 Å². The Balaban J connectivity index is 2.05. The van der Waals surface area contributed by atoms with Gasteiger partial charge in [0, 0.05) is 17.9 Å². The van der Waals surface area contributed by atoms with Crippen LogP contribution < -0.4 is 10.2 Å². The van der Waals surface area contributed by atoms with Gasteiger partial charge in [0.15, 0.2) is 0 Å². The Morgan fingerprint density at radius 1 is 1.26 bits per heavy atom. The second kappa shape index (κ2) is 6.12. The highest BCUT2D eigenvalue weighted by Gasteiger charge is 2.30. The number of anilines is 2. The molecule has 118 valence electrons. The smallest absolute Gasteiger partial charge is 0.261 e. The van der Waals surface area contributed by atoms with Gasteiger partial charge in [0.1, 0.15) is 5.82 Å². The number of halogens is 2. The lowest BCUT2D eigenvalue weighted by molar-refractivity contribution is -0.114. The fourth-order valence-corrected chi connectivity index (χ4v) is 3.28. The molecule has 2 aromatic carbocycles. The van der Waals surface area contributed by atoms with E-state index in [4.69, 9.17) is 0 Å². The molecule has 1 aliphatic heterocycles. The molecule has 0 saturated carbocycles. The van der Waals surface area contributed by atoms with Gasteiger partial charge in [0.25, 0.3) is 5.91 Å². The van der Waals surface area contributed by atoms with E-state index < -0.39 is 11.7 Å². The fraction of sp³-hybridized carbons (Fsp3) is 0.176. The average molecular weight is 377 g/mol. The van der Waals surface area contributed by atoms with Crippen LogP contribution >= 0.6 is 15.9 Å². The standard InChI is InChI=1S/C17H14BrFN2O2/c1-10(22)20-15-9-12(18)8-11-6-7-21(16(11)15)17(23)13-4-2-3-5-14(13)19/h2-5,8-9H,6-7H2,1H3,(H,20,22). The summed E-state index contributed by atoms with van der Waals surface area (Å²) in [6.45, 7) is 1.86. The highest BCUT2D eigenvalue weighted by molar-refractivity contribution is 9.10. The van der Waals surface area contributed by atoms with E-state index in [1.807, 2.05) is 6.07 Å². The van der Waals surface area contributed by atoms with Crippen LogP contribution in [0.3, 0.4) is 0 Å². The number of nitrogens with one attached hydrogen (secondary N) is 1. The Morgan fingerprint density at radius 3 is 2.70 bits per heavy atom. The SMILES string of the molecule is CC(=O)Nc1cc(Br)cc2c1N(C(=O)c1ccccc1F)CC2. The number of fused-ring (bicyclic) bond motifs is 1. The lowest BCUT2D eigenvalue weighted by Crippen LogP contribution is -2.30. The van der Waals surface area contributed by atoms with Crippen molar-refractivity contribution in [3.05, 3.63) is 57.8 Å². The summed E-state index contributed by atoms with van der Waals surface area (Å²) in [6.07, 6.45) is 0.654. The minimum atomic E-state index is -0.552. The summed E-state index contributed by atoms with van der Waals surface area (Å²) in [5.41, 5.74) is 2.14. The molecular formula is C17H14BrFN2O2. The van der Waals surface area contributed by atoms with Gasteiger partial charge in [-0.1, -0.05) is 28.1 Å². The molecule has 3 rings (SSSR count). The molecule has 6 heteroatoms. The van der Waals surface area contributed by atoms with Crippen molar-refractivity contribution in [1.82, 2.24) is 0 Å². The fourth-order valence-electron chi connectivity index (χ4n) is 2.78. The van der Waals surface area contributed by atoms with E-state index in [-0.39, 0.29) is 11.5 Å². The zero-order valence-corrected chi connectivity index (χ0v) is 14.0. The number of nitrogens with zero attached hydrogens (tertiary/aromatic N) is 1. The Labute approximate surface area is 141 Å². The molecule has 0 radical (unpaired) electrons. The van der Waals surface area contributed by atoms with Crippen LogP contribution in [0.5, 0.6) is 0 Å². The molecular weight excluding hydrogens is 363 g/mol. The number of hydrogen-bond acceptors (Lipinski definition) is 2. The number of carbonyl (C=O) groups excluding carboxylic acids is 2. The molecule has 2 amide bonds. The maximum Gasteiger partial charge on any atom is 0.261 e. The first-order valence-corrected chi connectivity index (χ1v) is 7.93. The molecule has 0 aromatic heterocycles. The van der Waals surface area contributed by atoms with Gasteiger partial charge in [-0.25, -0.2) is 4.39 Å². The highest BCUT2D eigenvalue weighted by atomic mass is 79.9. The van der Waals surface area contributed by atoms with Crippen LogP contribution in [0.25, 0.3) is 0 Å². The summed E-state index contributed by atoms with van der Waals surface area (Å²) in [6, 6.07) is 9.56. The molecule has 1 aliphatic rings. The van der Waals surface area contributed by atoms with Gasteiger partial charge in [-0.05, 0) is 36.2 Å². The van der Waals surface area contributed by atoms with E-state index in [9.17, 15) is 14.0 Å². The van der Waals surface area contributed by atoms with Gasteiger partial charge in [0.2, 0.25) is 5.91 Å². The lowest BCUT2D eigenvalue weighted by atomic mass is 10.1. The van der Waals surface area contributed by atoms with E-state index >= 15 is 0 Å². The zero-order valence-electron chi connectivity index (χ0n) is 12.4. The molecule has 0 unspecified atom stereocenters. The van der Waals surface area contributed by atoms with Crippen LogP contribution in [0.2, 0.25) is 0 Å². The predicted octanol–water partition coefficient (Wildman–Crippen LogP) is 3.75. The Morgan fingerprint density at radius 2 is 2.00 bits per heavy atom. The van der Waals surface area contributed by atoms with E-state index in [1.165, 1.54) is 24.0 Å². The van der Waals surface area contributed by atoms with Crippen LogP contribution in [0.1, 0.15) is 22.8 Å². The molecule has 0 atom stereocenters. The molecule has 0 aliphatic carbocycles. The molecule has 23 heavy (non-hydrogen) atoms. The van der Waals surface area contributed by atoms with Gasteiger partial charge >= 0.3 is 0 Å². The van der Waals surface area contributed by atoms with E-state index in [0.717, 1.165) is 10.0 Å². The van der Waals surface area contributed by atoms with Crippen LogP contribution in [0.15, 0.2) is 40.9 Å². The summed E-state index contributed by atoms with van der Waals surface area (Å²) in [5.74, 6) is -1.18. The van der Waals surface area contributed by atoms with Crippen molar-refractivity contribution < 1.29 is 14.0 Å². The topological polar surface area (TPSA) is 49.4 Å². The molecule has 0 saturated heterocycles. The summed E-state index contributed by atoms with van der Waals surface area (Å²) in [4.78, 5) is 25.7. The number of hydrogen-bond donors (Lipinski definition) is 1. The first-order valence-electron chi connectivity index (χ1n) is 7.14. The molecule has 4 nitrogen and oxygen atoms in total. The number of rotatable bonds is 2. The lowest BCUT2D eigenvalue weighted by Gasteiger charge is -2.21. The Hall–Kier alpha value is -2.21. The molecule has 0 fully saturated rings. The van der Waals surface area contributed by atoms with Crippen molar-refractivity contribution in [3.8, 4) is 0 Å². The normalized spacial score (nSPS) is 12.9. The van der Waals surface area contributed by atoms with Gasteiger partial charge in [0.05, 0.1) is 16.9 Å². The average Bonchev–Trinajstić information content (AvgIpc) is 2.90. The minimum absolute atomic E-state index is 0.0250. The largest absolute Gasteiger partial charge is 0.324 e. The molecule has 1 N–H and O–H groups in total. The number of benzene rings is 2. The van der Waals surface area contributed by atoms with E-state index in [1.54, 1.807) is 18.2 Å². The summed E-state index contributed by atoms with van der Waals surface area (Å²) in [5, 5.41) is 2.74. The molecule has 1 heterocycles. The first kappa shape index (κ1) is 15.7. The van der Waals surface area contributed by atoms with Crippen molar-refractivity contribution in [2.24, 2.45) is 0 Å². The third-order valence-corrected chi connectivity index (χ3v) is 4.15. The summed E-state index contributed by atoms with van der Waals surface area (Å²) in [7, 11) is 0. The summed E-state index contributed by atoms with van der Waals surface area (Å²) >= 11 is 3.40. The second-order valence-electron chi connectivity index (χ2n) is 5.33. The quantitative estimate of drug-likeness (QED) is 0.867. The molecule has 0 bridgehead atoms. The van der Waals surface area contributed by atoms with Crippen LogP contribution in [0.4, 0.5) is 15.8 Å². The Bertz CT molecular complexity index is 807. The predicted molar refractivity (Wildman–Crippen MR) is 90.2 cm³/mol. The van der Waals surface area contributed by atoms with Gasteiger partial charge in [-0.2, -0.15) is 0 Å². The third-order valence-electron chi connectivity index (χ3n) is 3.69.